The van der Waals surface area contributed by atoms with Gasteiger partial charge < -0.3 is 15.8 Å². The van der Waals surface area contributed by atoms with Crippen LogP contribution in [0.15, 0.2) is 18.2 Å². The number of nitrogens with zero attached hydrogens (tertiary/aromatic N) is 2. The molecular formula is C22H32N4O3. The number of hydrogen-bond donors (Lipinski definition) is 2. The van der Waals surface area contributed by atoms with Gasteiger partial charge >= 0.3 is 0 Å². The summed E-state index contributed by atoms with van der Waals surface area (Å²) in [4.78, 5) is 25.0. The van der Waals surface area contributed by atoms with Crippen molar-refractivity contribution in [1.29, 1.82) is 0 Å². The minimum atomic E-state index is -0.792. The summed E-state index contributed by atoms with van der Waals surface area (Å²) in [5.41, 5.74) is 6.23. The highest BCUT2D eigenvalue weighted by Gasteiger charge is 2.32. The predicted molar refractivity (Wildman–Crippen MR) is 113 cm³/mol. The second kappa shape index (κ2) is 8.43. The number of methoxy groups -OCH3 is 1. The van der Waals surface area contributed by atoms with E-state index in [9.17, 15) is 9.59 Å². The molecule has 3 N–H and O–H groups in total. The maximum absolute atomic E-state index is 13.1. The first-order chi connectivity index (χ1) is 13.7. The van der Waals surface area contributed by atoms with Crippen molar-refractivity contribution in [2.75, 3.05) is 7.11 Å². The normalized spacial score (nSPS) is 16.6. The third-order valence-electron chi connectivity index (χ3n) is 5.75. The Morgan fingerprint density at radius 3 is 2.55 bits per heavy atom. The number of amides is 2. The molecule has 2 amide bonds. The zero-order valence-electron chi connectivity index (χ0n) is 17.8. The summed E-state index contributed by atoms with van der Waals surface area (Å²) < 4.78 is 7.27. The first kappa shape index (κ1) is 21.1. The molecule has 0 radical (unpaired) electrons. The van der Waals surface area contributed by atoms with Crippen molar-refractivity contribution in [2.24, 2.45) is 17.1 Å². The summed E-state index contributed by atoms with van der Waals surface area (Å²) in [5, 5.41) is 8.16. The highest BCUT2D eigenvalue weighted by molar-refractivity contribution is 6.06. The summed E-state index contributed by atoms with van der Waals surface area (Å²) in [5.74, 6) is 0.266. The largest absolute Gasteiger partial charge is 0.497 e. The number of aromatic nitrogens is 2. The van der Waals surface area contributed by atoms with Crippen LogP contribution < -0.4 is 15.8 Å². The molecule has 7 heteroatoms. The number of primary amides is 1. The summed E-state index contributed by atoms with van der Waals surface area (Å²) >= 11 is 0. The Morgan fingerprint density at radius 2 is 1.97 bits per heavy atom. The van der Waals surface area contributed by atoms with E-state index in [-0.39, 0.29) is 0 Å². The van der Waals surface area contributed by atoms with Crippen molar-refractivity contribution < 1.29 is 14.3 Å². The molecule has 7 nitrogen and oxygen atoms in total. The number of benzene rings is 1. The zero-order chi connectivity index (χ0) is 21.2. The number of ether oxygens (including phenoxy) is 1. The fraction of sp³-hybridized carbons (Fsp3) is 0.591. The predicted octanol–water partition coefficient (Wildman–Crippen LogP) is 3.26. The molecule has 1 fully saturated rings. The molecular weight excluding hydrogens is 368 g/mol. The van der Waals surface area contributed by atoms with Crippen LogP contribution in [0.25, 0.3) is 10.9 Å². The highest BCUT2D eigenvalue weighted by atomic mass is 16.5. The van der Waals surface area contributed by atoms with Gasteiger partial charge in [-0.15, -0.1) is 0 Å². The van der Waals surface area contributed by atoms with Crippen molar-refractivity contribution in [1.82, 2.24) is 15.1 Å². The molecule has 1 atom stereocenters. The maximum atomic E-state index is 13.1. The summed E-state index contributed by atoms with van der Waals surface area (Å²) in [6, 6.07) is 4.85. The van der Waals surface area contributed by atoms with Gasteiger partial charge in [-0.3, -0.25) is 14.3 Å². The summed E-state index contributed by atoms with van der Waals surface area (Å²) in [7, 11) is 1.59. The average molecular weight is 401 g/mol. The minimum absolute atomic E-state index is 0.296. The number of rotatable bonds is 6. The molecule has 2 aromatic rings. The molecule has 0 spiro atoms. The molecule has 0 bridgehead atoms. The van der Waals surface area contributed by atoms with Gasteiger partial charge in [0, 0.05) is 11.9 Å². The van der Waals surface area contributed by atoms with Crippen molar-refractivity contribution >= 4 is 22.7 Å². The van der Waals surface area contributed by atoms with Crippen LogP contribution in [0, 0.1) is 11.3 Å². The van der Waals surface area contributed by atoms with Crippen molar-refractivity contribution in [3.8, 4) is 5.75 Å². The summed E-state index contributed by atoms with van der Waals surface area (Å²) in [6.45, 7) is 6.39. The minimum Gasteiger partial charge on any atom is -0.497 e. The van der Waals surface area contributed by atoms with Gasteiger partial charge in [0.05, 0.1) is 12.6 Å². The third kappa shape index (κ3) is 4.71. The second-order valence-electron chi connectivity index (χ2n) is 9.09. The Kier molecular flexibility index (Phi) is 6.15. The SMILES string of the molecule is COc1ccc2c(c1)c(C(=O)N[C@H](C(N)=O)C(C)(C)C)nn2CC1CCCCC1. The first-order valence-corrected chi connectivity index (χ1v) is 10.4. The fourth-order valence-corrected chi connectivity index (χ4v) is 4.12. The van der Waals surface area contributed by atoms with Crippen LogP contribution in [-0.4, -0.2) is 34.7 Å². The number of nitrogens with one attached hydrogen (secondary N) is 1. The lowest BCUT2D eigenvalue weighted by Gasteiger charge is -2.28. The van der Waals surface area contributed by atoms with Gasteiger partial charge in [-0.1, -0.05) is 40.0 Å². The molecule has 0 aliphatic heterocycles. The Morgan fingerprint density at radius 1 is 1.28 bits per heavy atom. The van der Waals surface area contributed by atoms with E-state index in [1.165, 1.54) is 32.1 Å². The van der Waals surface area contributed by atoms with Crippen LogP contribution in [0.4, 0.5) is 0 Å². The van der Waals surface area contributed by atoms with E-state index in [1.54, 1.807) is 7.11 Å². The topological polar surface area (TPSA) is 99.2 Å². The standard InChI is InChI=1S/C22H32N4O3/c1-22(2,3)19(20(23)27)24-21(28)18-16-12-15(29-4)10-11-17(16)26(25-18)13-14-8-6-5-7-9-14/h10-12,14,19H,5-9,13H2,1-4H3,(H2,23,27)(H,24,28)/t19-/m1/s1. The molecule has 158 valence electrons. The van der Waals surface area contributed by atoms with Gasteiger partial charge in [0.15, 0.2) is 5.69 Å². The average Bonchev–Trinajstić information content (AvgIpc) is 3.03. The number of carbonyl (C=O) groups is 2. The second-order valence-corrected chi connectivity index (χ2v) is 9.09. The monoisotopic (exact) mass is 400 g/mol. The van der Waals surface area contributed by atoms with Crippen molar-refractivity contribution in [3.05, 3.63) is 23.9 Å². The van der Waals surface area contributed by atoms with Crippen molar-refractivity contribution in [2.45, 2.75) is 65.5 Å². The molecule has 3 rings (SSSR count). The van der Waals surface area contributed by atoms with Gasteiger partial charge in [-0.05, 0) is 42.4 Å². The quantitative estimate of drug-likeness (QED) is 0.777. The highest BCUT2D eigenvalue weighted by Crippen LogP contribution is 2.29. The van der Waals surface area contributed by atoms with Crippen LogP contribution >= 0.6 is 0 Å². The molecule has 1 aromatic heterocycles. The van der Waals surface area contributed by atoms with Crippen LogP contribution in [0.5, 0.6) is 5.75 Å². The third-order valence-corrected chi connectivity index (χ3v) is 5.75. The molecule has 0 unspecified atom stereocenters. The Balaban J connectivity index is 1.97. The summed E-state index contributed by atoms with van der Waals surface area (Å²) in [6.07, 6.45) is 6.16. The van der Waals surface area contributed by atoms with Crippen LogP contribution in [0.2, 0.25) is 0 Å². The van der Waals surface area contributed by atoms with E-state index in [0.29, 0.717) is 17.4 Å². The lowest BCUT2D eigenvalue weighted by molar-refractivity contribution is -0.122. The Labute approximate surface area is 172 Å². The first-order valence-electron chi connectivity index (χ1n) is 10.4. The fourth-order valence-electron chi connectivity index (χ4n) is 4.12. The van der Waals surface area contributed by atoms with Gasteiger partial charge in [0.1, 0.15) is 11.8 Å². The lowest BCUT2D eigenvalue weighted by atomic mass is 9.86. The zero-order valence-corrected chi connectivity index (χ0v) is 17.8. The molecule has 1 aliphatic rings. The van der Waals surface area contributed by atoms with E-state index in [0.717, 1.165) is 17.4 Å². The Hall–Kier alpha value is -2.57. The number of fused-ring (bicyclic) bond motifs is 1. The van der Waals surface area contributed by atoms with E-state index in [1.807, 2.05) is 43.7 Å². The van der Waals surface area contributed by atoms with Crippen LogP contribution in [0.1, 0.15) is 63.4 Å². The number of hydrogen-bond acceptors (Lipinski definition) is 4. The van der Waals surface area contributed by atoms with Gasteiger partial charge in [0.25, 0.3) is 5.91 Å². The van der Waals surface area contributed by atoms with Gasteiger partial charge in [-0.2, -0.15) is 5.10 Å². The molecule has 1 saturated carbocycles. The van der Waals surface area contributed by atoms with Crippen molar-refractivity contribution in [3.63, 3.8) is 0 Å². The van der Waals surface area contributed by atoms with E-state index in [4.69, 9.17) is 10.5 Å². The van der Waals surface area contributed by atoms with Crippen LogP contribution in [0.3, 0.4) is 0 Å². The van der Waals surface area contributed by atoms with Gasteiger partial charge in [-0.25, -0.2) is 0 Å². The maximum Gasteiger partial charge on any atom is 0.273 e. The molecule has 1 aliphatic carbocycles. The molecule has 0 saturated heterocycles. The molecule has 1 aromatic carbocycles. The lowest BCUT2D eigenvalue weighted by Crippen LogP contribution is -2.52. The van der Waals surface area contributed by atoms with Crippen LogP contribution in [-0.2, 0) is 11.3 Å². The van der Waals surface area contributed by atoms with E-state index >= 15 is 0 Å². The smallest absolute Gasteiger partial charge is 0.273 e. The molecule has 1 heterocycles. The number of nitrogens with two attached hydrogens (primary N) is 1. The van der Waals surface area contributed by atoms with E-state index in [2.05, 4.69) is 10.4 Å². The Bertz CT molecular complexity index is 891. The number of carbonyl (C=O) groups excluding carboxylic acids is 2. The van der Waals surface area contributed by atoms with E-state index < -0.39 is 23.3 Å². The molecule has 29 heavy (non-hydrogen) atoms. The van der Waals surface area contributed by atoms with Gasteiger partial charge in [0.2, 0.25) is 5.91 Å².